The number of benzene rings is 1. The van der Waals surface area contributed by atoms with Gasteiger partial charge in [0.1, 0.15) is 4.70 Å². The molecule has 3 aromatic heterocycles. The zero-order valence-electron chi connectivity index (χ0n) is 17.1. The van der Waals surface area contributed by atoms with E-state index < -0.39 is 0 Å². The second kappa shape index (κ2) is 7.61. The molecule has 0 fully saturated rings. The Kier molecular flexibility index (Phi) is 5.15. The number of hydrogen-bond donors (Lipinski definition) is 2. The normalized spacial score (nSPS) is 12.6. The topological polar surface area (TPSA) is 81.0 Å². The molecule has 0 aliphatic carbocycles. The summed E-state index contributed by atoms with van der Waals surface area (Å²) in [4.78, 5) is 21.6. The fourth-order valence-electron chi connectivity index (χ4n) is 3.77. The molecule has 1 atom stereocenters. The van der Waals surface area contributed by atoms with Crippen molar-refractivity contribution in [1.29, 1.82) is 0 Å². The summed E-state index contributed by atoms with van der Waals surface area (Å²) in [6, 6.07) is 10.5. The number of nitrogens with zero attached hydrogens (tertiary/aromatic N) is 1. The lowest BCUT2D eigenvalue weighted by Crippen LogP contribution is -2.09. The van der Waals surface area contributed by atoms with Gasteiger partial charge in [-0.3, -0.25) is 4.79 Å². The molecule has 6 heteroatoms. The van der Waals surface area contributed by atoms with Gasteiger partial charge in [0.05, 0.1) is 23.9 Å². The van der Waals surface area contributed by atoms with Crippen molar-refractivity contribution in [3.63, 3.8) is 0 Å². The highest BCUT2D eigenvalue weighted by Gasteiger charge is 2.20. The summed E-state index contributed by atoms with van der Waals surface area (Å²) < 4.78 is 6.43. The highest BCUT2D eigenvalue weighted by Crippen LogP contribution is 2.41. The van der Waals surface area contributed by atoms with Gasteiger partial charge >= 0.3 is 0 Å². The van der Waals surface area contributed by atoms with Crippen LogP contribution >= 0.6 is 11.3 Å². The first-order valence-electron chi connectivity index (χ1n) is 9.81. The van der Waals surface area contributed by atoms with E-state index in [9.17, 15) is 4.79 Å². The fraction of sp³-hybridized carbons (Fsp3) is 0.304. The van der Waals surface area contributed by atoms with Gasteiger partial charge in [0, 0.05) is 15.6 Å². The first-order valence-corrected chi connectivity index (χ1v) is 10.6. The molecule has 1 aromatic carbocycles. The van der Waals surface area contributed by atoms with E-state index in [0.29, 0.717) is 18.3 Å². The van der Waals surface area contributed by atoms with Crippen LogP contribution < -0.4 is 16.0 Å². The fourth-order valence-corrected chi connectivity index (χ4v) is 4.77. The molecular formula is C23H25N3O2S. The van der Waals surface area contributed by atoms with Crippen molar-refractivity contribution < 1.29 is 4.74 Å². The Morgan fingerprint density at radius 2 is 2.00 bits per heavy atom. The molecule has 0 saturated heterocycles. The van der Waals surface area contributed by atoms with Gasteiger partial charge in [0.15, 0.2) is 0 Å². The second-order valence-electron chi connectivity index (χ2n) is 7.35. The van der Waals surface area contributed by atoms with Crippen molar-refractivity contribution in [3.05, 3.63) is 56.8 Å². The molecule has 1 unspecified atom stereocenters. The molecule has 0 bridgehead atoms. The van der Waals surface area contributed by atoms with Crippen LogP contribution in [0.2, 0.25) is 0 Å². The van der Waals surface area contributed by atoms with Gasteiger partial charge in [-0.05, 0) is 43.0 Å². The summed E-state index contributed by atoms with van der Waals surface area (Å²) in [5.41, 5.74) is 10.4. The zero-order valence-corrected chi connectivity index (χ0v) is 17.9. The summed E-state index contributed by atoms with van der Waals surface area (Å²) >= 11 is 1.55. The van der Waals surface area contributed by atoms with Crippen LogP contribution in [0.3, 0.4) is 0 Å². The summed E-state index contributed by atoms with van der Waals surface area (Å²) in [5, 5.41) is 1.95. The lowest BCUT2D eigenvalue weighted by Gasteiger charge is -2.15. The van der Waals surface area contributed by atoms with Crippen LogP contribution in [0.1, 0.15) is 35.9 Å². The quantitative estimate of drug-likeness (QED) is 0.500. The molecule has 0 saturated carbocycles. The molecule has 150 valence electrons. The van der Waals surface area contributed by atoms with Gasteiger partial charge in [-0.1, -0.05) is 38.1 Å². The minimum atomic E-state index is -0.0645. The number of ether oxygens (including phenoxy) is 1. The van der Waals surface area contributed by atoms with Gasteiger partial charge in [-0.2, -0.15) is 0 Å². The SMILES string of the molecule is CCc1cc2c(s1)c(=O)[nH]c1c(C)nc(OC)c(-c3ccc(C(C)CN)cc3)c12. The predicted molar refractivity (Wildman–Crippen MR) is 121 cm³/mol. The Balaban J connectivity index is 2.10. The number of aryl methyl sites for hydroxylation is 2. The summed E-state index contributed by atoms with van der Waals surface area (Å²) in [5.74, 6) is 0.859. The van der Waals surface area contributed by atoms with Crippen LogP contribution in [-0.4, -0.2) is 23.6 Å². The van der Waals surface area contributed by atoms with E-state index in [1.165, 1.54) is 10.4 Å². The Bertz CT molecular complexity index is 1260. The minimum absolute atomic E-state index is 0.0645. The van der Waals surface area contributed by atoms with E-state index in [-0.39, 0.29) is 5.56 Å². The lowest BCUT2D eigenvalue weighted by atomic mass is 9.95. The zero-order chi connectivity index (χ0) is 20.7. The number of aromatic nitrogens is 2. The van der Waals surface area contributed by atoms with E-state index in [1.807, 2.05) is 6.92 Å². The van der Waals surface area contributed by atoms with Crippen molar-refractivity contribution in [1.82, 2.24) is 9.97 Å². The van der Waals surface area contributed by atoms with Crippen LogP contribution in [0.25, 0.3) is 32.1 Å². The number of hydrogen-bond acceptors (Lipinski definition) is 5. The van der Waals surface area contributed by atoms with Crippen LogP contribution in [0, 0.1) is 6.92 Å². The standard InChI is InChI=1S/C23H25N3O2S/c1-5-16-10-17-19-18(15-8-6-14(7-9-15)12(2)11-24)23(28-4)25-13(3)20(19)26-22(27)21(17)29-16/h6-10,12H,5,11,24H2,1-4H3,(H,26,27). The van der Waals surface area contributed by atoms with Crippen LogP contribution in [0.4, 0.5) is 0 Å². The maximum absolute atomic E-state index is 12.7. The number of H-pyrrole nitrogens is 1. The number of nitrogens with one attached hydrogen (secondary N) is 1. The minimum Gasteiger partial charge on any atom is -0.481 e. The molecule has 29 heavy (non-hydrogen) atoms. The monoisotopic (exact) mass is 407 g/mol. The summed E-state index contributed by atoms with van der Waals surface area (Å²) in [6.07, 6.45) is 0.891. The Morgan fingerprint density at radius 3 is 2.62 bits per heavy atom. The molecule has 3 N–H and O–H groups in total. The molecule has 0 spiro atoms. The molecule has 4 aromatic rings. The van der Waals surface area contributed by atoms with E-state index >= 15 is 0 Å². The molecule has 3 heterocycles. The number of pyridine rings is 2. The van der Waals surface area contributed by atoms with Crippen molar-refractivity contribution >= 4 is 32.3 Å². The van der Waals surface area contributed by atoms with Gasteiger partial charge in [-0.15, -0.1) is 11.3 Å². The number of thiophene rings is 1. The predicted octanol–water partition coefficient (Wildman–Crippen LogP) is 4.75. The van der Waals surface area contributed by atoms with Gasteiger partial charge in [0.2, 0.25) is 5.88 Å². The highest BCUT2D eigenvalue weighted by molar-refractivity contribution is 7.19. The Morgan fingerprint density at radius 1 is 1.28 bits per heavy atom. The van der Waals surface area contributed by atoms with Crippen molar-refractivity contribution in [2.24, 2.45) is 5.73 Å². The van der Waals surface area contributed by atoms with Gasteiger partial charge in [0.25, 0.3) is 5.56 Å². The largest absolute Gasteiger partial charge is 0.481 e. The van der Waals surface area contributed by atoms with Gasteiger partial charge < -0.3 is 15.5 Å². The highest BCUT2D eigenvalue weighted by atomic mass is 32.1. The number of methoxy groups -OCH3 is 1. The molecule has 0 radical (unpaired) electrons. The molecule has 0 aliphatic rings. The first-order chi connectivity index (χ1) is 14.0. The van der Waals surface area contributed by atoms with E-state index in [4.69, 9.17) is 10.5 Å². The summed E-state index contributed by atoms with van der Waals surface area (Å²) in [6.45, 7) is 6.72. The third-order valence-corrected chi connectivity index (χ3v) is 6.78. The maximum atomic E-state index is 12.7. The smallest absolute Gasteiger partial charge is 0.266 e. The molecule has 0 amide bonds. The van der Waals surface area contributed by atoms with E-state index in [2.05, 4.69) is 54.1 Å². The summed E-state index contributed by atoms with van der Waals surface area (Å²) in [7, 11) is 1.63. The molecule has 4 rings (SSSR count). The third-order valence-electron chi connectivity index (χ3n) is 5.51. The van der Waals surface area contributed by atoms with Gasteiger partial charge in [-0.25, -0.2) is 4.98 Å². The van der Waals surface area contributed by atoms with Crippen LogP contribution in [0.15, 0.2) is 35.1 Å². The number of rotatable bonds is 5. The third kappa shape index (κ3) is 3.22. The van der Waals surface area contributed by atoms with Crippen molar-refractivity contribution in [3.8, 4) is 17.0 Å². The molecule has 0 aliphatic heterocycles. The number of nitrogens with two attached hydrogens (primary N) is 1. The van der Waals surface area contributed by atoms with Crippen molar-refractivity contribution in [2.45, 2.75) is 33.1 Å². The number of aromatic amines is 1. The Labute approximate surface area is 173 Å². The Hall–Kier alpha value is -2.70. The van der Waals surface area contributed by atoms with E-state index in [0.717, 1.165) is 44.2 Å². The molecule has 5 nitrogen and oxygen atoms in total. The average molecular weight is 408 g/mol. The number of fused-ring (bicyclic) bond motifs is 3. The first kappa shape index (κ1) is 19.6. The average Bonchev–Trinajstić information content (AvgIpc) is 3.19. The van der Waals surface area contributed by atoms with Crippen LogP contribution in [0.5, 0.6) is 5.88 Å². The van der Waals surface area contributed by atoms with Crippen molar-refractivity contribution in [2.75, 3.05) is 13.7 Å². The van der Waals surface area contributed by atoms with Crippen LogP contribution in [-0.2, 0) is 6.42 Å². The second-order valence-corrected chi connectivity index (χ2v) is 8.49. The maximum Gasteiger partial charge on any atom is 0.266 e. The molecular weight excluding hydrogens is 382 g/mol. The lowest BCUT2D eigenvalue weighted by molar-refractivity contribution is 0.399. The van der Waals surface area contributed by atoms with E-state index in [1.54, 1.807) is 18.4 Å².